The largest absolute Gasteiger partial charge is 0.310 e. The van der Waals surface area contributed by atoms with Gasteiger partial charge in [-0.05, 0) is 89.8 Å². The topological polar surface area (TPSA) is 36.4 Å². The van der Waals surface area contributed by atoms with Crippen LogP contribution in [0.5, 0.6) is 0 Å². The third-order valence-corrected chi connectivity index (χ3v) is 14.4. The molecule has 0 saturated carbocycles. The predicted octanol–water partition coefficient (Wildman–Crippen LogP) is 11.2. The Labute approximate surface area is 312 Å². The minimum atomic E-state index is -3.38. The predicted molar refractivity (Wildman–Crippen MR) is 222 cm³/mol. The van der Waals surface area contributed by atoms with Crippen LogP contribution >= 0.6 is 7.14 Å². The molecule has 7 aromatic rings. The summed E-state index contributed by atoms with van der Waals surface area (Å²) in [7, 11) is -3.38. The van der Waals surface area contributed by atoms with E-state index in [0.717, 1.165) is 50.4 Å². The van der Waals surface area contributed by atoms with Crippen molar-refractivity contribution >= 4 is 57.3 Å². The lowest BCUT2D eigenvalue weighted by atomic mass is 9.73. The molecule has 0 bridgehead atoms. The maximum Gasteiger partial charge on any atom is 0.188 e. The highest BCUT2D eigenvalue weighted by Gasteiger charge is 2.39. The molecule has 2 aliphatic rings. The lowest BCUT2D eigenvalue weighted by molar-refractivity contribution is 0.592. The third-order valence-electron chi connectivity index (χ3n) is 11.5. The fourth-order valence-electron chi connectivity index (χ4n) is 8.69. The van der Waals surface area contributed by atoms with Gasteiger partial charge in [-0.2, -0.15) is 0 Å². The first-order valence-electron chi connectivity index (χ1n) is 18.3. The van der Waals surface area contributed by atoms with E-state index in [0.29, 0.717) is 5.44 Å². The van der Waals surface area contributed by atoms with Crippen LogP contribution in [0.3, 0.4) is 0 Å². The van der Waals surface area contributed by atoms with Crippen LogP contribution in [-0.4, -0.2) is 4.98 Å². The Morgan fingerprint density at radius 1 is 0.434 bits per heavy atom. The van der Waals surface area contributed by atoms with Gasteiger partial charge in [0.1, 0.15) is 5.44 Å². The molecule has 5 heteroatoms. The Kier molecular flexibility index (Phi) is 7.62. The molecule has 0 fully saturated rings. The fourth-order valence-corrected chi connectivity index (χ4v) is 11.3. The van der Waals surface area contributed by atoms with Gasteiger partial charge in [0.25, 0.3) is 0 Å². The first-order valence-corrected chi connectivity index (χ1v) is 20.1. The normalized spacial score (nSPS) is 16.1. The van der Waals surface area contributed by atoms with Crippen molar-refractivity contribution in [3.8, 4) is 0 Å². The number of hydrogen-bond acceptors (Lipinski definition) is 4. The summed E-state index contributed by atoms with van der Waals surface area (Å²) in [6, 6.07) is 56.8. The number of nitrogens with zero attached hydrogens (tertiary/aromatic N) is 3. The highest BCUT2D eigenvalue weighted by Crippen LogP contribution is 2.54. The highest BCUT2D eigenvalue weighted by molar-refractivity contribution is 7.85. The Morgan fingerprint density at radius 3 is 1.28 bits per heavy atom. The molecule has 0 aliphatic carbocycles. The number of benzene rings is 6. The van der Waals surface area contributed by atoms with Crippen LogP contribution in [0.4, 0.5) is 34.1 Å². The first kappa shape index (κ1) is 33.2. The van der Waals surface area contributed by atoms with E-state index >= 15 is 4.57 Å². The molecule has 0 N–H and O–H groups in total. The number of para-hydroxylation sites is 4. The van der Waals surface area contributed by atoms with Crippen molar-refractivity contribution in [2.75, 3.05) is 9.80 Å². The molecule has 6 aromatic carbocycles. The van der Waals surface area contributed by atoms with Gasteiger partial charge in [-0.1, -0.05) is 131 Å². The van der Waals surface area contributed by atoms with Crippen molar-refractivity contribution in [1.82, 2.24) is 4.98 Å². The van der Waals surface area contributed by atoms with Crippen molar-refractivity contribution in [3.63, 3.8) is 0 Å². The van der Waals surface area contributed by atoms with Crippen LogP contribution in [-0.2, 0) is 15.4 Å². The lowest BCUT2D eigenvalue weighted by Gasteiger charge is -2.42. The highest BCUT2D eigenvalue weighted by atomic mass is 31.2. The van der Waals surface area contributed by atoms with Crippen molar-refractivity contribution in [3.05, 3.63) is 192 Å². The van der Waals surface area contributed by atoms with Crippen LogP contribution < -0.4 is 25.8 Å². The molecule has 0 amide bonds. The molecule has 2 aliphatic heterocycles. The van der Waals surface area contributed by atoms with Crippen molar-refractivity contribution in [1.29, 1.82) is 0 Å². The second-order valence-corrected chi connectivity index (χ2v) is 17.9. The number of aryl methyl sites for hydroxylation is 1. The minimum Gasteiger partial charge on any atom is -0.310 e. The van der Waals surface area contributed by atoms with Crippen molar-refractivity contribution < 1.29 is 4.57 Å². The zero-order valence-electron chi connectivity index (χ0n) is 30.8. The molecule has 0 radical (unpaired) electrons. The number of anilines is 6. The van der Waals surface area contributed by atoms with E-state index in [1.807, 2.05) is 55.5 Å². The third kappa shape index (κ3) is 4.96. The summed E-state index contributed by atoms with van der Waals surface area (Å²) < 4.78 is 15.8. The Hall–Kier alpha value is -5.70. The fraction of sp³-hybridized carbons (Fsp3) is 0.146. The van der Waals surface area contributed by atoms with E-state index in [1.54, 1.807) is 0 Å². The second-order valence-electron chi connectivity index (χ2n) is 15.2. The summed E-state index contributed by atoms with van der Waals surface area (Å²) in [6.45, 7) is 11.2. The number of pyridine rings is 1. The van der Waals surface area contributed by atoms with Gasteiger partial charge in [-0.25, -0.2) is 4.98 Å². The van der Waals surface area contributed by atoms with Crippen LogP contribution in [0.1, 0.15) is 55.6 Å². The molecule has 4 nitrogen and oxygen atoms in total. The van der Waals surface area contributed by atoms with E-state index in [4.69, 9.17) is 4.98 Å². The Bertz CT molecular complexity index is 2470. The van der Waals surface area contributed by atoms with Gasteiger partial charge in [0.2, 0.25) is 0 Å². The minimum absolute atomic E-state index is 0.142. The van der Waals surface area contributed by atoms with Gasteiger partial charge in [0.15, 0.2) is 7.14 Å². The van der Waals surface area contributed by atoms with Gasteiger partial charge in [0.05, 0.1) is 34.1 Å². The van der Waals surface area contributed by atoms with Crippen molar-refractivity contribution in [2.24, 2.45) is 0 Å². The van der Waals surface area contributed by atoms with E-state index in [1.165, 1.54) is 22.3 Å². The van der Waals surface area contributed by atoms with Crippen LogP contribution in [0.15, 0.2) is 164 Å². The molecule has 0 saturated heterocycles. The first-order chi connectivity index (χ1) is 25.6. The molecule has 9 rings (SSSR count). The maximum atomic E-state index is 15.8. The average Bonchev–Trinajstić information content (AvgIpc) is 3.19. The van der Waals surface area contributed by atoms with Gasteiger partial charge < -0.3 is 14.4 Å². The Balaban J connectivity index is 1.16. The van der Waals surface area contributed by atoms with Crippen LogP contribution in [0, 0.1) is 6.92 Å². The summed E-state index contributed by atoms with van der Waals surface area (Å²) in [5.74, 6) is 0. The Morgan fingerprint density at radius 2 is 0.830 bits per heavy atom. The molecule has 260 valence electrons. The number of rotatable bonds is 5. The van der Waals surface area contributed by atoms with E-state index in [2.05, 4.69) is 153 Å². The van der Waals surface area contributed by atoms with E-state index in [9.17, 15) is 0 Å². The summed E-state index contributed by atoms with van der Waals surface area (Å²) >= 11 is 0. The van der Waals surface area contributed by atoms with Crippen LogP contribution in [0.25, 0.3) is 0 Å². The van der Waals surface area contributed by atoms with Gasteiger partial charge >= 0.3 is 0 Å². The number of hydrogen-bond donors (Lipinski definition) is 0. The van der Waals surface area contributed by atoms with Gasteiger partial charge in [-0.3, -0.25) is 0 Å². The number of fused-ring (bicyclic) bond motifs is 4. The average molecular weight is 708 g/mol. The van der Waals surface area contributed by atoms with E-state index in [-0.39, 0.29) is 10.8 Å². The number of aromatic nitrogens is 1. The second kappa shape index (κ2) is 12.2. The van der Waals surface area contributed by atoms with Crippen LogP contribution in [0.2, 0.25) is 0 Å². The quantitative estimate of drug-likeness (QED) is 0.167. The summed E-state index contributed by atoms with van der Waals surface area (Å²) in [5, 5.41) is 1.51. The molecular weight excluding hydrogens is 666 g/mol. The maximum absolute atomic E-state index is 15.8. The molecule has 1 unspecified atom stereocenters. The lowest BCUT2D eigenvalue weighted by Crippen LogP contribution is -2.32. The smallest absolute Gasteiger partial charge is 0.188 e. The van der Waals surface area contributed by atoms with E-state index < -0.39 is 7.14 Å². The zero-order chi connectivity index (χ0) is 36.5. The molecule has 1 aromatic heterocycles. The SMILES string of the molecule is Cc1nc(P(=O)(c2ccccc2)c2ccc(N3c4ccccc4C(C)(C)c4ccccc43)cc2)ccc1N1c2ccccc2C(C)(C)c2ccccc21. The van der Waals surface area contributed by atoms with Gasteiger partial charge in [0, 0.05) is 27.1 Å². The zero-order valence-corrected chi connectivity index (χ0v) is 31.7. The standard InChI is InChI=1S/C48H42N3OP/c1-33-41(51-44-25-15-11-21-39(44)48(4,5)40-22-12-16-26-45(40)51)31-32-46(49-33)53(52,35-17-7-6-8-18-35)36-29-27-34(28-30-36)50-42-23-13-9-19-37(42)47(2,3)38-20-10-14-24-43(38)50/h6-32H,1-5H3. The molecule has 53 heavy (non-hydrogen) atoms. The summed E-state index contributed by atoms with van der Waals surface area (Å²) in [5.41, 5.74) is 12.8. The van der Waals surface area contributed by atoms with Crippen molar-refractivity contribution in [2.45, 2.75) is 45.4 Å². The molecule has 0 spiro atoms. The summed E-state index contributed by atoms with van der Waals surface area (Å²) in [4.78, 5) is 9.88. The van der Waals surface area contributed by atoms with Gasteiger partial charge in [-0.15, -0.1) is 0 Å². The molecule has 1 atom stereocenters. The molecule has 3 heterocycles. The molecular formula is C48H42N3OP. The summed E-state index contributed by atoms with van der Waals surface area (Å²) in [6.07, 6.45) is 0. The monoisotopic (exact) mass is 707 g/mol.